The number of benzene rings is 3. The molecule has 2 amide bonds. The lowest BCUT2D eigenvalue weighted by molar-refractivity contribution is -0.140. The molecule has 0 saturated carbocycles. The van der Waals surface area contributed by atoms with E-state index in [2.05, 4.69) is 10.3 Å². The molecular weight excluding hydrogens is 470 g/mol. The topological polar surface area (TPSA) is 62.3 Å². The Morgan fingerprint density at radius 3 is 2.06 bits per heavy atom. The summed E-state index contributed by atoms with van der Waals surface area (Å²) in [6.07, 6.45) is 3.99. The molecule has 36 heavy (non-hydrogen) atoms. The lowest BCUT2D eigenvalue weighted by Crippen LogP contribution is -2.50. The summed E-state index contributed by atoms with van der Waals surface area (Å²) in [5.41, 5.74) is 3.68. The Hall–Kier alpha value is -3.96. The minimum atomic E-state index is -0.691. The second kappa shape index (κ2) is 12.7. The van der Waals surface area contributed by atoms with Crippen LogP contribution in [0.3, 0.4) is 0 Å². The van der Waals surface area contributed by atoms with E-state index in [1.807, 2.05) is 84.9 Å². The zero-order valence-electron chi connectivity index (χ0n) is 19.9. The van der Waals surface area contributed by atoms with Gasteiger partial charge in [0.25, 0.3) is 0 Å². The number of nitrogens with one attached hydrogen (secondary N) is 1. The molecule has 1 N–H and O–H groups in total. The van der Waals surface area contributed by atoms with Gasteiger partial charge in [-0.2, -0.15) is 0 Å². The van der Waals surface area contributed by atoms with Crippen molar-refractivity contribution < 1.29 is 9.59 Å². The summed E-state index contributed by atoms with van der Waals surface area (Å²) >= 11 is 6.03. The van der Waals surface area contributed by atoms with Crippen LogP contribution in [0.2, 0.25) is 5.02 Å². The summed E-state index contributed by atoms with van der Waals surface area (Å²) in [5, 5.41) is 3.64. The van der Waals surface area contributed by atoms with Gasteiger partial charge < -0.3 is 10.2 Å². The van der Waals surface area contributed by atoms with Crippen LogP contribution in [-0.2, 0) is 35.5 Å². The summed E-state index contributed by atoms with van der Waals surface area (Å²) in [7, 11) is 0. The van der Waals surface area contributed by atoms with E-state index in [0.717, 1.165) is 22.3 Å². The summed E-state index contributed by atoms with van der Waals surface area (Å²) in [6, 6.07) is 29.8. The Balaban J connectivity index is 1.63. The molecule has 6 heteroatoms. The van der Waals surface area contributed by atoms with Crippen LogP contribution in [0.1, 0.15) is 22.3 Å². The fourth-order valence-corrected chi connectivity index (χ4v) is 4.15. The first-order valence-electron chi connectivity index (χ1n) is 11.9. The normalized spacial score (nSPS) is 11.5. The minimum Gasteiger partial charge on any atom is -0.350 e. The number of hydrogen-bond donors (Lipinski definition) is 1. The molecular formula is C30H28ClN3O2. The van der Waals surface area contributed by atoms with E-state index in [1.54, 1.807) is 29.4 Å². The number of halogens is 1. The van der Waals surface area contributed by atoms with Crippen molar-refractivity contribution in [3.8, 4) is 0 Å². The van der Waals surface area contributed by atoms with Crippen molar-refractivity contribution in [2.45, 2.75) is 32.0 Å². The molecule has 0 unspecified atom stereocenters. The van der Waals surface area contributed by atoms with Crippen LogP contribution < -0.4 is 5.32 Å². The predicted molar refractivity (Wildman–Crippen MR) is 142 cm³/mol. The van der Waals surface area contributed by atoms with Gasteiger partial charge in [-0.05, 0) is 40.5 Å². The van der Waals surface area contributed by atoms with Crippen LogP contribution in [0.15, 0.2) is 109 Å². The van der Waals surface area contributed by atoms with Crippen molar-refractivity contribution in [2.75, 3.05) is 0 Å². The van der Waals surface area contributed by atoms with Crippen LogP contribution in [0.5, 0.6) is 0 Å². The van der Waals surface area contributed by atoms with Crippen molar-refractivity contribution in [1.29, 1.82) is 0 Å². The van der Waals surface area contributed by atoms with Gasteiger partial charge in [0.1, 0.15) is 6.04 Å². The highest BCUT2D eigenvalue weighted by Crippen LogP contribution is 2.18. The SMILES string of the molecule is O=C(NCc1cccnc1)[C@@H](Cc1ccccc1)N(Cc1ccccc1)C(=O)Cc1ccc(Cl)cc1. The molecule has 3 aromatic carbocycles. The highest BCUT2D eigenvalue weighted by atomic mass is 35.5. The van der Waals surface area contributed by atoms with Crippen molar-refractivity contribution in [3.05, 3.63) is 137 Å². The number of carbonyl (C=O) groups excluding carboxylic acids is 2. The van der Waals surface area contributed by atoms with Crippen molar-refractivity contribution in [3.63, 3.8) is 0 Å². The van der Waals surface area contributed by atoms with Crippen LogP contribution in [-0.4, -0.2) is 27.7 Å². The molecule has 1 heterocycles. The number of nitrogens with zero attached hydrogens (tertiary/aromatic N) is 2. The smallest absolute Gasteiger partial charge is 0.243 e. The van der Waals surface area contributed by atoms with E-state index in [4.69, 9.17) is 11.6 Å². The average molecular weight is 498 g/mol. The second-order valence-electron chi connectivity index (χ2n) is 8.60. The van der Waals surface area contributed by atoms with Gasteiger partial charge >= 0.3 is 0 Å². The van der Waals surface area contributed by atoms with Gasteiger partial charge in [-0.3, -0.25) is 14.6 Å². The van der Waals surface area contributed by atoms with E-state index in [9.17, 15) is 9.59 Å². The summed E-state index contributed by atoms with van der Waals surface area (Å²) in [4.78, 5) is 33.1. The van der Waals surface area contributed by atoms with Gasteiger partial charge in [0, 0.05) is 36.9 Å². The molecule has 0 fully saturated rings. The van der Waals surface area contributed by atoms with Crippen molar-refractivity contribution in [1.82, 2.24) is 15.2 Å². The lowest BCUT2D eigenvalue weighted by atomic mass is 10.0. The Morgan fingerprint density at radius 1 is 0.778 bits per heavy atom. The van der Waals surface area contributed by atoms with Gasteiger partial charge in [0.15, 0.2) is 0 Å². The summed E-state index contributed by atoms with van der Waals surface area (Å²) in [6.45, 7) is 0.660. The Bertz CT molecular complexity index is 1250. The minimum absolute atomic E-state index is 0.126. The molecule has 182 valence electrons. The first kappa shape index (κ1) is 25.1. The van der Waals surface area contributed by atoms with E-state index in [1.165, 1.54) is 0 Å². The molecule has 0 bridgehead atoms. The molecule has 4 aromatic rings. The van der Waals surface area contributed by atoms with Crippen molar-refractivity contribution >= 4 is 23.4 Å². The molecule has 0 radical (unpaired) electrons. The van der Waals surface area contributed by atoms with Gasteiger partial charge in [0.05, 0.1) is 6.42 Å². The zero-order chi connectivity index (χ0) is 25.2. The fraction of sp³-hybridized carbons (Fsp3) is 0.167. The van der Waals surface area contributed by atoms with Crippen LogP contribution in [0, 0.1) is 0 Å². The van der Waals surface area contributed by atoms with E-state index >= 15 is 0 Å². The maximum atomic E-state index is 13.7. The average Bonchev–Trinajstić information content (AvgIpc) is 2.92. The zero-order valence-corrected chi connectivity index (χ0v) is 20.6. The predicted octanol–water partition coefficient (Wildman–Crippen LogP) is 5.23. The highest BCUT2D eigenvalue weighted by Gasteiger charge is 2.30. The molecule has 0 aliphatic rings. The fourth-order valence-electron chi connectivity index (χ4n) is 4.02. The van der Waals surface area contributed by atoms with Crippen LogP contribution >= 0.6 is 11.6 Å². The largest absolute Gasteiger partial charge is 0.350 e. The molecule has 0 aliphatic heterocycles. The molecule has 5 nitrogen and oxygen atoms in total. The number of carbonyl (C=O) groups is 2. The second-order valence-corrected chi connectivity index (χ2v) is 9.03. The maximum absolute atomic E-state index is 13.7. The van der Waals surface area contributed by atoms with Gasteiger partial charge in [-0.1, -0.05) is 90.5 Å². The standard InChI is InChI=1S/C30H28ClN3O2/c31-27-15-13-24(14-16-27)19-29(35)34(22-25-10-5-2-6-11-25)28(18-23-8-3-1-4-9-23)30(36)33-21-26-12-7-17-32-20-26/h1-17,20,28H,18-19,21-22H2,(H,33,36)/t28-/m1/s1. The van der Waals surface area contributed by atoms with Gasteiger partial charge in [-0.15, -0.1) is 0 Å². The quantitative estimate of drug-likeness (QED) is 0.326. The first-order chi connectivity index (χ1) is 17.6. The molecule has 0 aliphatic carbocycles. The lowest BCUT2D eigenvalue weighted by Gasteiger charge is -2.31. The molecule has 0 saturated heterocycles. The first-order valence-corrected chi connectivity index (χ1v) is 12.2. The Labute approximate surface area is 216 Å². The molecule has 1 aromatic heterocycles. The number of aromatic nitrogens is 1. The van der Waals surface area contributed by atoms with E-state index in [0.29, 0.717) is 24.5 Å². The third kappa shape index (κ3) is 7.27. The van der Waals surface area contributed by atoms with E-state index in [-0.39, 0.29) is 18.2 Å². The number of amides is 2. The summed E-state index contributed by atoms with van der Waals surface area (Å²) < 4.78 is 0. The highest BCUT2D eigenvalue weighted by molar-refractivity contribution is 6.30. The Kier molecular flexibility index (Phi) is 8.84. The number of hydrogen-bond acceptors (Lipinski definition) is 3. The third-order valence-corrected chi connectivity index (χ3v) is 6.18. The van der Waals surface area contributed by atoms with E-state index < -0.39 is 6.04 Å². The number of pyridine rings is 1. The maximum Gasteiger partial charge on any atom is 0.243 e. The third-order valence-electron chi connectivity index (χ3n) is 5.92. The Morgan fingerprint density at radius 2 is 1.42 bits per heavy atom. The molecule has 4 rings (SSSR count). The van der Waals surface area contributed by atoms with Crippen LogP contribution in [0.25, 0.3) is 0 Å². The molecule has 0 spiro atoms. The molecule has 1 atom stereocenters. The number of rotatable bonds is 10. The van der Waals surface area contributed by atoms with Gasteiger partial charge in [0.2, 0.25) is 11.8 Å². The van der Waals surface area contributed by atoms with Gasteiger partial charge in [-0.25, -0.2) is 0 Å². The summed E-state index contributed by atoms with van der Waals surface area (Å²) in [5.74, 6) is -0.332. The van der Waals surface area contributed by atoms with Crippen LogP contribution in [0.4, 0.5) is 0 Å². The van der Waals surface area contributed by atoms with Crippen molar-refractivity contribution in [2.24, 2.45) is 0 Å². The monoisotopic (exact) mass is 497 g/mol.